The Balaban J connectivity index is 1.38. The van der Waals surface area contributed by atoms with Crippen molar-refractivity contribution in [3.05, 3.63) is 28.8 Å². The topological polar surface area (TPSA) is 69.7 Å². The van der Waals surface area contributed by atoms with E-state index >= 15 is 0 Å². The van der Waals surface area contributed by atoms with Crippen LogP contribution in [0.4, 0.5) is 16.5 Å². The van der Waals surface area contributed by atoms with Crippen molar-refractivity contribution in [1.82, 2.24) is 15.2 Å². The number of anilines is 3. The normalized spacial score (nSPS) is 21.4. The molecule has 0 bridgehead atoms. The number of ether oxygens (including phenoxy) is 1. The molecule has 3 aliphatic rings. The first-order valence-corrected chi connectivity index (χ1v) is 11.5. The molecule has 0 radical (unpaired) electrons. The van der Waals surface area contributed by atoms with Crippen LogP contribution in [-0.2, 0) is 6.42 Å². The minimum atomic E-state index is -0.257. The molecule has 1 aromatic carbocycles. The molecule has 0 aliphatic carbocycles. The summed E-state index contributed by atoms with van der Waals surface area (Å²) in [7, 11) is 2.18. The summed E-state index contributed by atoms with van der Waals surface area (Å²) in [5.74, 6) is 0.855. The van der Waals surface area contributed by atoms with Crippen LogP contribution in [0.2, 0.25) is 0 Å². The summed E-state index contributed by atoms with van der Waals surface area (Å²) in [6, 6.07) is 6.84. The molecule has 1 aromatic heterocycles. The Morgan fingerprint density at radius 3 is 2.87 bits per heavy atom. The zero-order valence-electron chi connectivity index (χ0n) is 17.8. The molecule has 3 aliphatic heterocycles. The molecule has 1 fully saturated rings. The fourth-order valence-corrected chi connectivity index (χ4v) is 5.49. The van der Waals surface area contributed by atoms with E-state index in [1.54, 1.807) is 0 Å². The number of likely N-dealkylation sites (tertiary alicyclic amines) is 1. The van der Waals surface area contributed by atoms with Crippen molar-refractivity contribution in [2.45, 2.75) is 44.7 Å². The van der Waals surface area contributed by atoms with Gasteiger partial charge in [0, 0.05) is 29.8 Å². The highest BCUT2D eigenvalue weighted by Gasteiger charge is 2.34. The van der Waals surface area contributed by atoms with Crippen LogP contribution in [0.1, 0.15) is 42.1 Å². The summed E-state index contributed by atoms with van der Waals surface area (Å²) < 4.78 is 5.99. The number of thiazole rings is 1. The molecular formula is C22H29N5O2S. The van der Waals surface area contributed by atoms with E-state index in [4.69, 9.17) is 9.72 Å². The average Bonchev–Trinajstić information content (AvgIpc) is 3.12. The van der Waals surface area contributed by atoms with Crippen LogP contribution in [0.25, 0.3) is 0 Å². The number of nitrogens with zero attached hydrogens (tertiary/aromatic N) is 3. The van der Waals surface area contributed by atoms with Gasteiger partial charge in [0.1, 0.15) is 17.2 Å². The van der Waals surface area contributed by atoms with Gasteiger partial charge in [-0.1, -0.05) is 11.3 Å². The van der Waals surface area contributed by atoms with Gasteiger partial charge in [-0.05, 0) is 59.0 Å². The van der Waals surface area contributed by atoms with Crippen molar-refractivity contribution in [1.29, 1.82) is 0 Å². The number of hydrogen-bond donors (Lipinski definition) is 2. The number of amides is 1. The molecule has 5 rings (SSSR count). The van der Waals surface area contributed by atoms with E-state index in [2.05, 4.69) is 45.7 Å². The Labute approximate surface area is 181 Å². The minimum absolute atomic E-state index is 0.0174. The van der Waals surface area contributed by atoms with Crippen LogP contribution in [0.5, 0.6) is 5.75 Å². The fourth-order valence-electron chi connectivity index (χ4n) is 4.48. The van der Waals surface area contributed by atoms with E-state index in [1.165, 1.54) is 11.3 Å². The number of aromatic nitrogens is 1. The Kier molecular flexibility index (Phi) is 4.86. The summed E-state index contributed by atoms with van der Waals surface area (Å²) in [6.45, 7) is 7.67. The number of fused-ring (bicyclic) bond motifs is 2. The van der Waals surface area contributed by atoms with Crippen molar-refractivity contribution < 1.29 is 9.53 Å². The van der Waals surface area contributed by atoms with Gasteiger partial charge in [0.25, 0.3) is 5.91 Å². The van der Waals surface area contributed by atoms with Gasteiger partial charge < -0.3 is 25.2 Å². The summed E-state index contributed by atoms with van der Waals surface area (Å²) in [6.07, 6.45) is 3.06. The number of hydrogen-bond acceptors (Lipinski definition) is 7. The van der Waals surface area contributed by atoms with Crippen molar-refractivity contribution in [2.24, 2.45) is 0 Å². The summed E-state index contributed by atoms with van der Waals surface area (Å²) >= 11 is 1.47. The Bertz CT molecular complexity index is 964. The van der Waals surface area contributed by atoms with E-state index in [-0.39, 0.29) is 11.4 Å². The first kappa shape index (κ1) is 19.6. The number of rotatable bonds is 3. The van der Waals surface area contributed by atoms with Crippen molar-refractivity contribution in [2.75, 3.05) is 43.5 Å². The molecule has 30 heavy (non-hydrogen) atoms. The quantitative estimate of drug-likeness (QED) is 0.784. The Morgan fingerprint density at radius 1 is 1.27 bits per heavy atom. The molecule has 4 heterocycles. The second kappa shape index (κ2) is 7.42. The number of carbonyl (C=O) groups is 1. The van der Waals surface area contributed by atoms with Gasteiger partial charge in [-0.2, -0.15) is 0 Å². The molecular weight excluding hydrogens is 398 g/mol. The molecule has 0 spiro atoms. The zero-order chi connectivity index (χ0) is 20.9. The molecule has 2 aromatic rings. The van der Waals surface area contributed by atoms with Crippen LogP contribution >= 0.6 is 11.3 Å². The van der Waals surface area contributed by atoms with Crippen molar-refractivity contribution in [3.63, 3.8) is 0 Å². The van der Waals surface area contributed by atoms with Gasteiger partial charge in [-0.15, -0.1) is 0 Å². The lowest BCUT2D eigenvalue weighted by Crippen LogP contribution is -2.48. The molecule has 0 unspecified atom stereocenters. The summed E-state index contributed by atoms with van der Waals surface area (Å²) in [5, 5.41) is 7.61. The molecule has 1 saturated heterocycles. The number of nitrogens with one attached hydrogen (secondary N) is 2. The highest BCUT2D eigenvalue weighted by molar-refractivity contribution is 7.17. The zero-order valence-corrected chi connectivity index (χ0v) is 18.6. The minimum Gasteiger partial charge on any atom is -0.489 e. The maximum Gasteiger partial charge on any atom is 0.263 e. The number of piperidine rings is 1. The molecule has 8 heteroatoms. The molecule has 7 nitrogen and oxygen atoms in total. The molecule has 160 valence electrons. The summed E-state index contributed by atoms with van der Waals surface area (Å²) in [4.78, 5) is 22.6. The van der Waals surface area contributed by atoms with Gasteiger partial charge in [0.2, 0.25) is 0 Å². The largest absolute Gasteiger partial charge is 0.489 e. The number of benzene rings is 1. The van der Waals surface area contributed by atoms with Crippen LogP contribution in [0, 0.1) is 0 Å². The fraction of sp³-hybridized carbons (Fsp3) is 0.545. The van der Waals surface area contributed by atoms with Gasteiger partial charge in [0.15, 0.2) is 5.13 Å². The molecule has 0 atom stereocenters. The predicted octanol–water partition coefficient (Wildman–Crippen LogP) is 3.24. The van der Waals surface area contributed by atoms with Crippen LogP contribution in [-0.4, -0.2) is 60.7 Å². The van der Waals surface area contributed by atoms with E-state index in [1.807, 2.05) is 13.8 Å². The second-order valence-electron chi connectivity index (χ2n) is 9.19. The third-order valence-corrected chi connectivity index (χ3v) is 7.22. The van der Waals surface area contributed by atoms with Crippen LogP contribution < -0.4 is 20.3 Å². The van der Waals surface area contributed by atoms with Crippen LogP contribution in [0.15, 0.2) is 18.2 Å². The summed E-state index contributed by atoms with van der Waals surface area (Å²) in [5.41, 5.74) is 2.76. The maximum atomic E-state index is 12.5. The molecule has 2 N–H and O–H groups in total. The van der Waals surface area contributed by atoms with Gasteiger partial charge in [-0.25, -0.2) is 4.98 Å². The average molecular weight is 428 g/mol. The Hall–Kier alpha value is -2.32. The van der Waals surface area contributed by atoms with E-state index < -0.39 is 0 Å². The van der Waals surface area contributed by atoms with Crippen LogP contribution in [0.3, 0.4) is 0 Å². The SMILES string of the molecule is CN1CCC(Nc2ccc3c(c2)OCCN3c2nc3c(s2)C(=O)NC(C)(C)C3)CC1. The first-order chi connectivity index (χ1) is 14.4. The molecule has 0 saturated carbocycles. The van der Waals surface area contributed by atoms with Gasteiger partial charge in [0.05, 0.1) is 17.9 Å². The lowest BCUT2D eigenvalue weighted by molar-refractivity contribution is 0.0901. The Morgan fingerprint density at radius 2 is 2.07 bits per heavy atom. The lowest BCUT2D eigenvalue weighted by atomic mass is 9.94. The standard InChI is InChI=1S/C22H29N5O2S/c1-22(2)13-16-19(20(28)25-22)30-21(24-16)27-10-11-29-18-12-15(4-5-17(18)27)23-14-6-8-26(3)9-7-14/h4-5,12,14,23H,6-11,13H2,1-3H3,(H,25,28). The number of carbonyl (C=O) groups excluding carboxylic acids is 1. The van der Waals surface area contributed by atoms with Gasteiger partial charge >= 0.3 is 0 Å². The van der Waals surface area contributed by atoms with Crippen molar-refractivity contribution in [3.8, 4) is 5.75 Å². The smallest absolute Gasteiger partial charge is 0.263 e. The van der Waals surface area contributed by atoms with E-state index in [0.29, 0.717) is 12.6 Å². The predicted molar refractivity (Wildman–Crippen MR) is 120 cm³/mol. The van der Waals surface area contributed by atoms with E-state index in [0.717, 1.165) is 71.7 Å². The van der Waals surface area contributed by atoms with Crippen molar-refractivity contribution >= 4 is 33.8 Å². The van der Waals surface area contributed by atoms with E-state index in [9.17, 15) is 4.79 Å². The lowest BCUT2D eigenvalue weighted by Gasteiger charge is -2.32. The maximum absolute atomic E-state index is 12.5. The third kappa shape index (κ3) is 3.74. The molecule has 1 amide bonds. The van der Waals surface area contributed by atoms with Gasteiger partial charge in [-0.3, -0.25) is 4.79 Å². The third-order valence-electron chi connectivity index (χ3n) is 6.10. The highest BCUT2D eigenvalue weighted by Crippen LogP contribution is 2.41. The monoisotopic (exact) mass is 427 g/mol. The second-order valence-corrected chi connectivity index (χ2v) is 10.2. The first-order valence-electron chi connectivity index (χ1n) is 10.7. The highest BCUT2D eigenvalue weighted by atomic mass is 32.1.